The molecule has 4 rings (SSSR count). The molecule has 3 heterocycles. The van der Waals surface area contributed by atoms with Crippen molar-refractivity contribution >= 4 is 28.5 Å². The molecule has 0 spiro atoms. The van der Waals surface area contributed by atoms with E-state index in [2.05, 4.69) is 32.3 Å². The quantitative estimate of drug-likeness (QED) is 0.787. The molecule has 8 nitrogen and oxygen atoms in total. The Morgan fingerprint density at radius 3 is 2.50 bits per heavy atom. The first kappa shape index (κ1) is 18.5. The fourth-order valence-electron chi connectivity index (χ4n) is 3.26. The highest BCUT2D eigenvalue weighted by atomic mass is 32.2. The van der Waals surface area contributed by atoms with E-state index >= 15 is 0 Å². The van der Waals surface area contributed by atoms with E-state index in [0.717, 1.165) is 35.3 Å². The summed E-state index contributed by atoms with van der Waals surface area (Å²) in [7, 11) is 3.31. The number of hydrogen-bond acceptors (Lipinski definition) is 7. The molecule has 1 aromatic heterocycles. The van der Waals surface area contributed by atoms with E-state index < -0.39 is 0 Å². The molecule has 2 aliphatic heterocycles. The highest BCUT2D eigenvalue weighted by molar-refractivity contribution is 8.14. The fourth-order valence-corrected chi connectivity index (χ4v) is 4.21. The molecular weight excluding hydrogens is 376 g/mol. The SMILES string of the molecule is COc1nn(C)cc1C(=O)N1CCN(C2=NN=C(c3ccccc3)CS2)CC1. The maximum atomic E-state index is 12.8. The number of hydrogen-bond donors (Lipinski definition) is 0. The fraction of sp³-hybridized carbons (Fsp3) is 0.368. The second-order valence-electron chi connectivity index (χ2n) is 6.59. The molecule has 0 saturated carbocycles. The molecule has 2 aromatic rings. The van der Waals surface area contributed by atoms with Crippen molar-refractivity contribution in [2.75, 3.05) is 39.0 Å². The van der Waals surface area contributed by atoms with Crippen LogP contribution >= 0.6 is 11.8 Å². The second-order valence-corrected chi connectivity index (χ2v) is 7.53. The van der Waals surface area contributed by atoms with Gasteiger partial charge in [0.15, 0.2) is 5.17 Å². The number of aryl methyl sites for hydroxylation is 1. The third-order valence-corrected chi connectivity index (χ3v) is 5.77. The number of amidine groups is 1. The molecule has 1 amide bonds. The van der Waals surface area contributed by atoms with Gasteiger partial charge in [-0.25, -0.2) is 0 Å². The first-order chi connectivity index (χ1) is 13.7. The number of piperazine rings is 1. The summed E-state index contributed by atoms with van der Waals surface area (Å²) in [5.74, 6) is 1.12. The molecule has 0 radical (unpaired) electrons. The maximum Gasteiger partial charge on any atom is 0.261 e. The topological polar surface area (TPSA) is 75.3 Å². The molecule has 9 heteroatoms. The lowest BCUT2D eigenvalue weighted by Crippen LogP contribution is -2.50. The molecule has 1 saturated heterocycles. The zero-order chi connectivity index (χ0) is 19.5. The van der Waals surface area contributed by atoms with Gasteiger partial charge in [-0.05, 0) is 5.56 Å². The van der Waals surface area contributed by atoms with Crippen LogP contribution in [-0.2, 0) is 7.05 Å². The van der Waals surface area contributed by atoms with Gasteiger partial charge in [-0.15, -0.1) is 10.2 Å². The van der Waals surface area contributed by atoms with Gasteiger partial charge in [0.1, 0.15) is 5.56 Å². The lowest BCUT2D eigenvalue weighted by atomic mass is 10.1. The Balaban J connectivity index is 1.39. The highest BCUT2D eigenvalue weighted by Gasteiger charge is 2.28. The number of methoxy groups -OCH3 is 1. The predicted octanol–water partition coefficient (Wildman–Crippen LogP) is 1.69. The number of amides is 1. The minimum atomic E-state index is -0.0489. The summed E-state index contributed by atoms with van der Waals surface area (Å²) in [5, 5.41) is 13.9. The van der Waals surface area contributed by atoms with Gasteiger partial charge in [0.05, 0.1) is 12.8 Å². The van der Waals surface area contributed by atoms with E-state index in [1.54, 1.807) is 29.7 Å². The zero-order valence-corrected chi connectivity index (χ0v) is 16.7. The van der Waals surface area contributed by atoms with Gasteiger partial charge in [0.25, 0.3) is 5.91 Å². The number of carbonyl (C=O) groups is 1. The van der Waals surface area contributed by atoms with Crippen LogP contribution in [-0.4, -0.2) is 75.4 Å². The summed E-state index contributed by atoms with van der Waals surface area (Å²) in [6, 6.07) is 10.1. The molecule has 1 aromatic carbocycles. The Bertz CT molecular complexity index is 916. The third kappa shape index (κ3) is 3.75. The Kier molecular flexibility index (Phi) is 5.34. The molecule has 0 unspecified atom stereocenters. The number of ether oxygens (including phenoxy) is 1. The summed E-state index contributed by atoms with van der Waals surface area (Å²) in [4.78, 5) is 16.8. The van der Waals surface area contributed by atoms with E-state index in [1.807, 2.05) is 23.1 Å². The first-order valence-electron chi connectivity index (χ1n) is 9.10. The van der Waals surface area contributed by atoms with Crippen LogP contribution in [0.15, 0.2) is 46.7 Å². The average molecular weight is 398 g/mol. The number of thioether (sulfide) groups is 1. The molecular formula is C19H22N6O2S. The smallest absolute Gasteiger partial charge is 0.261 e. The van der Waals surface area contributed by atoms with Crippen molar-refractivity contribution in [3.8, 4) is 5.88 Å². The number of aromatic nitrogens is 2. The van der Waals surface area contributed by atoms with Crippen LogP contribution in [0.25, 0.3) is 0 Å². The molecule has 1 fully saturated rings. The van der Waals surface area contributed by atoms with Crippen LogP contribution in [0.1, 0.15) is 15.9 Å². The summed E-state index contributed by atoms with van der Waals surface area (Å²) in [6.45, 7) is 2.73. The number of benzene rings is 1. The summed E-state index contributed by atoms with van der Waals surface area (Å²) >= 11 is 1.70. The van der Waals surface area contributed by atoms with Crippen LogP contribution in [0.2, 0.25) is 0 Å². The van der Waals surface area contributed by atoms with Crippen molar-refractivity contribution in [2.45, 2.75) is 0 Å². The molecule has 2 aliphatic rings. The Morgan fingerprint density at radius 1 is 1.11 bits per heavy atom. The molecule has 146 valence electrons. The van der Waals surface area contributed by atoms with Gasteiger partial charge < -0.3 is 14.5 Å². The van der Waals surface area contributed by atoms with Gasteiger partial charge >= 0.3 is 0 Å². The molecule has 0 bridgehead atoms. The summed E-state index contributed by atoms with van der Waals surface area (Å²) < 4.78 is 6.81. The van der Waals surface area contributed by atoms with Crippen LogP contribution in [0, 0.1) is 0 Å². The van der Waals surface area contributed by atoms with Crippen LogP contribution in [0.3, 0.4) is 0 Å². The Hall–Kier alpha value is -2.81. The first-order valence-corrected chi connectivity index (χ1v) is 10.1. The minimum Gasteiger partial charge on any atom is -0.479 e. The van der Waals surface area contributed by atoms with Crippen molar-refractivity contribution in [2.24, 2.45) is 17.3 Å². The minimum absolute atomic E-state index is 0.0489. The van der Waals surface area contributed by atoms with Crippen LogP contribution < -0.4 is 4.74 Å². The maximum absolute atomic E-state index is 12.8. The number of carbonyl (C=O) groups excluding carboxylic acids is 1. The average Bonchev–Trinajstić information content (AvgIpc) is 3.15. The zero-order valence-electron chi connectivity index (χ0n) is 15.9. The van der Waals surface area contributed by atoms with Gasteiger partial charge in [-0.1, -0.05) is 42.1 Å². The molecule has 28 heavy (non-hydrogen) atoms. The Morgan fingerprint density at radius 2 is 1.86 bits per heavy atom. The van der Waals surface area contributed by atoms with E-state index in [4.69, 9.17) is 4.74 Å². The van der Waals surface area contributed by atoms with Gasteiger partial charge in [0.2, 0.25) is 5.88 Å². The Labute approximate surface area is 167 Å². The van der Waals surface area contributed by atoms with Crippen LogP contribution in [0.4, 0.5) is 0 Å². The molecule has 0 atom stereocenters. The molecule has 0 N–H and O–H groups in total. The lowest BCUT2D eigenvalue weighted by Gasteiger charge is -2.36. The normalized spacial score (nSPS) is 17.2. The standard InChI is InChI=1S/C19H22N6O2S/c1-23-12-15(17(22-23)27-2)18(26)24-8-10-25(11-9-24)19-21-20-16(13-28-19)14-6-4-3-5-7-14/h3-7,12H,8-11,13H2,1-2H3. The van der Waals surface area contributed by atoms with E-state index in [9.17, 15) is 4.79 Å². The predicted molar refractivity (Wildman–Crippen MR) is 110 cm³/mol. The number of rotatable bonds is 3. The van der Waals surface area contributed by atoms with Gasteiger partial charge in [-0.2, -0.15) is 5.10 Å². The molecule has 0 aliphatic carbocycles. The van der Waals surface area contributed by atoms with Crippen molar-refractivity contribution in [1.29, 1.82) is 0 Å². The van der Waals surface area contributed by atoms with E-state index in [-0.39, 0.29) is 5.91 Å². The van der Waals surface area contributed by atoms with E-state index in [0.29, 0.717) is 24.5 Å². The number of nitrogens with zero attached hydrogens (tertiary/aromatic N) is 6. The van der Waals surface area contributed by atoms with Crippen LogP contribution in [0.5, 0.6) is 5.88 Å². The van der Waals surface area contributed by atoms with Gasteiger partial charge in [0, 0.05) is 45.2 Å². The van der Waals surface area contributed by atoms with Gasteiger partial charge in [-0.3, -0.25) is 9.48 Å². The largest absolute Gasteiger partial charge is 0.479 e. The van der Waals surface area contributed by atoms with E-state index in [1.165, 1.54) is 7.11 Å². The van der Waals surface area contributed by atoms with Crippen molar-refractivity contribution < 1.29 is 9.53 Å². The third-order valence-electron chi connectivity index (χ3n) is 4.76. The summed E-state index contributed by atoms with van der Waals surface area (Å²) in [5.41, 5.74) is 2.60. The lowest BCUT2D eigenvalue weighted by molar-refractivity contribution is 0.0690. The highest BCUT2D eigenvalue weighted by Crippen LogP contribution is 2.21. The summed E-state index contributed by atoms with van der Waals surface area (Å²) in [6.07, 6.45) is 1.70. The monoisotopic (exact) mass is 398 g/mol. The van der Waals surface area contributed by atoms with Crippen molar-refractivity contribution in [3.05, 3.63) is 47.7 Å². The van der Waals surface area contributed by atoms with Crippen molar-refractivity contribution in [3.63, 3.8) is 0 Å². The second kappa shape index (κ2) is 8.05. The van der Waals surface area contributed by atoms with Crippen molar-refractivity contribution in [1.82, 2.24) is 19.6 Å².